The molecule has 3 nitrogen and oxygen atoms in total. The fourth-order valence-corrected chi connectivity index (χ4v) is 2.05. The monoisotopic (exact) mass is 310 g/mol. The van der Waals surface area contributed by atoms with Crippen LogP contribution in [0.25, 0.3) is 0 Å². The van der Waals surface area contributed by atoms with E-state index in [0.29, 0.717) is 11.6 Å². The lowest BCUT2D eigenvalue weighted by atomic mass is 10.1. The Kier molecular flexibility index (Phi) is 5.68. The maximum absolute atomic E-state index is 5.86. The molecule has 0 aliphatic rings. The van der Waals surface area contributed by atoms with Crippen LogP contribution >= 0.6 is 23.2 Å². The molecule has 0 radical (unpaired) electrons. The Morgan fingerprint density at radius 2 is 1.50 bits per heavy atom. The molecule has 106 valence electrons. The van der Waals surface area contributed by atoms with Crippen molar-refractivity contribution in [1.82, 2.24) is 5.43 Å². The van der Waals surface area contributed by atoms with Gasteiger partial charge < -0.3 is 4.74 Å². The Balaban J connectivity index is 1.88. The second-order valence-corrected chi connectivity index (χ2v) is 5.33. The fraction of sp³-hybridized carbons (Fsp3) is 0.200. The third-order valence-electron chi connectivity index (χ3n) is 2.90. The van der Waals surface area contributed by atoms with Crippen LogP contribution < -0.4 is 16.0 Å². The van der Waals surface area contributed by atoms with Gasteiger partial charge in [-0.05, 0) is 48.4 Å². The van der Waals surface area contributed by atoms with Crippen molar-refractivity contribution in [2.45, 2.75) is 12.5 Å². The van der Waals surface area contributed by atoms with Crippen LogP contribution in [0.4, 0.5) is 0 Å². The Hall–Kier alpha value is -1.26. The van der Waals surface area contributed by atoms with Gasteiger partial charge in [0.05, 0.1) is 6.04 Å². The van der Waals surface area contributed by atoms with Crippen molar-refractivity contribution in [2.75, 3.05) is 6.61 Å². The highest BCUT2D eigenvalue weighted by Gasteiger charge is 2.09. The Bertz CT molecular complexity index is 529. The number of benzene rings is 2. The molecule has 0 aliphatic carbocycles. The molecule has 2 rings (SSSR count). The molecule has 1 unspecified atom stereocenters. The molecule has 3 N–H and O–H groups in total. The van der Waals surface area contributed by atoms with Crippen molar-refractivity contribution in [2.24, 2.45) is 5.84 Å². The first kappa shape index (κ1) is 15.1. The second-order valence-electron chi connectivity index (χ2n) is 4.46. The van der Waals surface area contributed by atoms with Gasteiger partial charge in [0.2, 0.25) is 0 Å². The van der Waals surface area contributed by atoms with E-state index in [1.54, 1.807) is 12.1 Å². The van der Waals surface area contributed by atoms with E-state index in [0.717, 1.165) is 22.8 Å². The molecule has 0 bridgehead atoms. The Morgan fingerprint density at radius 3 is 2.05 bits per heavy atom. The number of hydrogen-bond acceptors (Lipinski definition) is 3. The quantitative estimate of drug-likeness (QED) is 0.634. The highest BCUT2D eigenvalue weighted by Crippen LogP contribution is 2.16. The van der Waals surface area contributed by atoms with Gasteiger partial charge in [0.25, 0.3) is 0 Å². The zero-order valence-electron chi connectivity index (χ0n) is 10.9. The number of nitrogens with one attached hydrogen (secondary N) is 1. The van der Waals surface area contributed by atoms with Crippen molar-refractivity contribution in [3.05, 3.63) is 64.1 Å². The van der Waals surface area contributed by atoms with Crippen LogP contribution in [0.3, 0.4) is 0 Å². The minimum absolute atomic E-state index is 0.0202. The number of ether oxygens (including phenoxy) is 1. The average Bonchev–Trinajstić information content (AvgIpc) is 2.47. The van der Waals surface area contributed by atoms with Crippen LogP contribution in [-0.2, 0) is 6.42 Å². The summed E-state index contributed by atoms with van der Waals surface area (Å²) >= 11 is 11.7. The molecular formula is C15H16Cl2N2O. The molecular weight excluding hydrogens is 295 g/mol. The van der Waals surface area contributed by atoms with Gasteiger partial charge >= 0.3 is 0 Å². The van der Waals surface area contributed by atoms with E-state index in [9.17, 15) is 0 Å². The summed E-state index contributed by atoms with van der Waals surface area (Å²) < 4.78 is 5.68. The van der Waals surface area contributed by atoms with Gasteiger partial charge in [0.1, 0.15) is 12.4 Å². The third kappa shape index (κ3) is 4.69. The lowest BCUT2D eigenvalue weighted by Gasteiger charge is -2.17. The molecule has 0 saturated heterocycles. The summed E-state index contributed by atoms with van der Waals surface area (Å²) in [4.78, 5) is 0. The van der Waals surface area contributed by atoms with E-state index in [4.69, 9.17) is 33.8 Å². The Morgan fingerprint density at radius 1 is 0.950 bits per heavy atom. The van der Waals surface area contributed by atoms with E-state index >= 15 is 0 Å². The minimum atomic E-state index is 0.0202. The van der Waals surface area contributed by atoms with Crippen molar-refractivity contribution in [3.8, 4) is 5.75 Å². The van der Waals surface area contributed by atoms with Crippen LogP contribution in [-0.4, -0.2) is 12.6 Å². The van der Waals surface area contributed by atoms with Gasteiger partial charge in [-0.2, -0.15) is 0 Å². The van der Waals surface area contributed by atoms with Gasteiger partial charge in [0, 0.05) is 10.0 Å². The van der Waals surface area contributed by atoms with E-state index in [-0.39, 0.29) is 6.04 Å². The lowest BCUT2D eigenvalue weighted by Crippen LogP contribution is -2.41. The molecule has 2 aromatic carbocycles. The molecule has 20 heavy (non-hydrogen) atoms. The van der Waals surface area contributed by atoms with Crippen LogP contribution in [0.1, 0.15) is 5.56 Å². The maximum Gasteiger partial charge on any atom is 0.119 e. The summed E-state index contributed by atoms with van der Waals surface area (Å²) in [6.07, 6.45) is 0.765. The van der Waals surface area contributed by atoms with Gasteiger partial charge in [-0.25, -0.2) is 0 Å². The number of halogens is 2. The molecule has 0 aliphatic heterocycles. The summed E-state index contributed by atoms with van der Waals surface area (Å²) in [6, 6.07) is 15.0. The molecule has 1 atom stereocenters. The fourth-order valence-electron chi connectivity index (χ4n) is 1.80. The first-order valence-corrected chi connectivity index (χ1v) is 7.02. The zero-order valence-corrected chi connectivity index (χ0v) is 12.4. The molecule has 0 fully saturated rings. The summed E-state index contributed by atoms with van der Waals surface area (Å²) in [5, 5.41) is 1.41. The standard InChI is InChI=1S/C15H16Cl2N2O/c16-12-3-1-11(2-4-12)9-14(19-18)10-20-15-7-5-13(17)6-8-15/h1-8,14,19H,9-10,18H2. The highest BCUT2D eigenvalue weighted by atomic mass is 35.5. The van der Waals surface area contributed by atoms with Crippen molar-refractivity contribution in [1.29, 1.82) is 0 Å². The first-order valence-electron chi connectivity index (χ1n) is 6.26. The number of nitrogens with two attached hydrogens (primary N) is 1. The predicted octanol–water partition coefficient (Wildman–Crippen LogP) is 3.45. The van der Waals surface area contributed by atoms with Gasteiger partial charge in [-0.1, -0.05) is 35.3 Å². The van der Waals surface area contributed by atoms with Gasteiger partial charge in [-0.3, -0.25) is 11.3 Å². The number of hydrogen-bond donors (Lipinski definition) is 2. The molecule has 5 heteroatoms. The normalized spacial score (nSPS) is 12.2. The summed E-state index contributed by atoms with van der Waals surface area (Å²) in [7, 11) is 0. The Labute approximate surface area is 128 Å². The molecule has 0 heterocycles. The van der Waals surface area contributed by atoms with Gasteiger partial charge in [-0.15, -0.1) is 0 Å². The minimum Gasteiger partial charge on any atom is -0.492 e. The van der Waals surface area contributed by atoms with Crippen LogP contribution in [0, 0.1) is 0 Å². The van der Waals surface area contributed by atoms with E-state index < -0.39 is 0 Å². The van der Waals surface area contributed by atoms with Crippen LogP contribution in [0.2, 0.25) is 10.0 Å². The largest absolute Gasteiger partial charge is 0.492 e. The van der Waals surface area contributed by atoms with Crippen LogP contribution in [0.5, 0.6) is 5.75 Å². The maximum atomic E-state index is 5.86. The molecule has 0 spiro atoms. The van der Waals surface area contributed by atoms with E-state index in [1.165, 1.54) is 0 Å². The van der Waals surface area contributed by atoms with E-state index in [1.807, 2.05) is 36.4 Å². The third-order valence-corrected chi connectivity index (χ3v) is 3.40. The second kappa shape index (κ2) is 7.50. The zero-order chi connectivity index (χ0) is 14.4. The van der Waals surface area contributed by atoms with Crippen molar-refractivity contribution < 1.29 is 4.74 Å². The summed E-state index contributed by atoms with van der Waals surface area (Å²) in [6.45, 7) is 0.473. The van der Waals surface area contributed by atoms with E-state index in [2.05, 4.69) is 5.43 Å². The van der Waals surface area contributed by atoms with Crippen LogP contribution in [0.15, 0.2) is 48.5 Å². The van der Waals surface area contributed by atoms with Gasteiger partial charge in [0.15, 0.2) is 0 Å². The van der Waals surface area contributed by atoms with Crippen molar-refractivity contribution >= 4 is 23.2 Å². The number of hydrazine groups is 1. The topological polar surface area (TPSA) is 47.3 Å². The lowest BCUT2D eigenvalue weighted by molar-refractivity contribution is 0.264. The first-order chi connectivity index (χ1) is 9.67. The summed E-state index contributed by atoms with van der Waals surface area (Å²) in [5.41, 5.74) is 3.91. The highest BCUT2D eigenvalue weighted by molar-refractivity contribution is 6.30. The van der Waals surface area contributed by atoms with Crippen molar-refractivity contribution in [3.63, 3.8) is 0 Å². The SMILES string of the molecule is NNC(COc1ccc(Cl)cc1)Cc1ccc(Cl)cc1. The molecule has 0 aromatic heterocycles. The summed E-state index contributed by atoms with van der Waals surface area (Å²) in [5.74, 6) is 6.33. The molecule has 0 saturated carbocycles. The number of rotatable bonds is 6. The smallest absolute Gasteiger partial charge is 0.119 e. The predicted molar refractivity (Wildman–Crippen MR) is 83.2 cm³/mol. The molecule has 0 amide bonds. The average molecular weight is 311 g/mol. The molecule has 2 aromatic rings.